The Morgan fingerprint density at radius 1 is 1.16 bits per heavy atom. The zero-order valence-electron chi connectivity index (χ0n) is 14.2. The highest BCUT2D eigenvalue weighted by Gasteiger charge is 2.31. The van der Waals surface area contributed by atoms with Gasteiger partial charge >= 0.3 is 0 Å². The van der Waals surface area contributed by atoms with Crippen LogP contribution in [0, 0.1) is 13.8 Å². The van der Waals surface area contributed by atoms with E-state index in [0.717, 1.165) is 40.9 Å². The Labute approximate surface area is 151 Å². The van der Waals surface area contributed by atoms with E-state index in [0.29, 0.717) is 13.0 Å². The molecular formula is C19H20N2O3S. The second-order valence-electron chi connectivity index (χ2n) is 6.13. The summed E-state index contributed by atoms with van der Waals surface area (Å²) in [7, 11) is 0. The molecule has 2 aromatic rings. The van der Waals surface area contributed by atoms with Crippen molar-refractivity contribution >= 4 is 22.1 Å². The number of nitrogens with zero attached hydrogens (tertiary/aromatic N) is 1. The summed E-state index contributed by atoms with van der Waals surface area (Å²) in [6, 6.07) is 11.3. The fourth-order valence-electron chi connectivity index (χ4n) is 2.81. The van der Waals surface area contributed by atoms with Gasteiger partial charge in [0.25, 0.3) is 5.24 Å². The maximum atomic E-state index is 11.6. The first-order valence-electron chi connectivity index (χ1n) is 8.18. The zero-order chi connectivity index (χ0) is 17.8. The number of aryl methyl sites for hydroxylation is 2. The third kappa shape index (κ3) is 4.82. The van der Waals surface area contributed by atoms with Gasteiger partial charge in [-0.05, 0) is 49.2 Å². The fraction of sp³-hybridized carbons (Fsp3) is 0.316. The summed E-state index contributed by atoms with van der Waals surface area (Å²) in [5.41, 5.74) is 4.25. The lowest BCUT2D eigenvalue weighted by Crippen LogP contribution is -2.30. The van der Waals surface area contributed by atoms with E-state index in [2.05, 4.69) is 29.4 Å². The predicted octanol–water partition coefficient (Wildman–Crippen LogP) is 3.21. The number of hydrogen-bond acceptors (Lipinski definition) is 5. The van der Waals surface area contributed by atoms with Crippen LogP contribution in [0.3, 0.4) is 0 Å². The van der Waals surface area contributed by atoms with Crippen LogP contribution in [0.25, 0.3) is 0 Å². The number of thioether (sulfide) groups is 1. The number of aromatic nitrogens is 1. The molecule has 6 heteroatoms. The van der Waals surface area contributed by atoms with Crippen molar-refractivity contribution in [3.63, 3.8) is 0 Å². The van der Waals surface area contributed by atoms with E-state index >= 15 is 0 Å². The van der Waals surface area contributed by atoms with Crippen LogP contribution in [0.4, 0.5) is 4.79 Å². The Morgan fingerprint density at radius 3 is 2.56 bits per heavy atom. The molecule has 0 aliphatic carbocycles. The summed E-state index contributed by atoms with van der Waals surface area (Å²) in [5, 5.41) is 2.28. The summed E-state index contributed by atoms with van der Waals surface area (Å²) in [6.07, 6.45) is 1.26. The first-order valence-corrected chi connectivity index (χ1v) is 8.99. The van der Waals surface area contributed by atoms with Gasteiger partial charge in [-0.3, -0.25) is 14.6 Å². The summed E-state index contributed by atoms with van der Waals surface area (Å²) < 4.78 is 5.77. The van der Waals surface area contributed by atoms with E-state index in [-0.39, 0.29) is 10.4 Å². The van der Waals surface area contributed by atoms with Crippen LogP contribution in [-0.4, -0.2) is 28.0 Å². The van der Waals surface area contributed by atoms with Crippen molar-refractivity contribution in [1.29, 1.82) is 0 Å². The smallest absolute Gasteiger partial charge is 0.287 e. The topological polar surface area (TPSA) is 68.3 Å². The van der Waals surface area contributed by atoms with Crippen LogP contribution < -0.4 is 10.1 Å². The van der Waals surface area contributed by atoms with Gasteiger partial charge in [-0.1, -0.05) is 12.1 Å². The minimum atomic E-state index is -0.431. The molecule has 1 N–H and O–H groups in total. The molecular weight excluding hydrogens is 336 g/mol. The maximum absolute atomic E-state index is 11.6. The molecule has 1 aliphatic heterocycles. The number of rotatable bonds is 6. The van der Waals surface area contributed by atoms with Crippen LogP contribution in [0.1, 0.15) is 22.5 Å². The number of nitrogens with one attached hydrogen (secondary N) is 1. The lowest BCUT2D eigenvalue weighted by Gasteiger charge is -2.10. The zero-order valence-corrected chi connectivity index (χ0v) is 15.1. The molecule has 1 fully saturated rings. The molecule has 1 aromatic heterocycles. The average molecular weight is 356 g/mol. The molecule has 130 valence electrons. The highest BCUT2D eigenvalue weighted by atomic mass is 32.2. The van der Waals surface area contributed by atoms with Crippen molar-refractivity contribution in [3.8, 4) is 5.75 Å². The number of benzene rings is 1. The number of pyridine rings is 1. The van der Waals surface area contributed by atoms with E-state index in [9.17, 15) is 9.59 Å². The Morgan fingerprint density at radius 2 is 1.92 bits per heavy atom. The van der Waals surface area contributed by atoms with Crippen molar-refractivity contribution in [2.45, 2.75) is 32.7 Å². The van der Waals surface area contributed by atoms with E-state index in [1.807, 2.05) is 31.2 Å². The Kier molecular flexibility index (Phi) is 5.38. The highest BCUT2D eigenvalue weighted by Crippen LogP contribution is 2.20. The molecule has 3 rings (SSSR count). The molecule has 25 heavy (non-hydrogen) atoms. The van der Waals surface area contributed by atoms with Gasteiger partial charge in [0.1, 0.15) is 11.8 Å². The van der Waals surface area contributed by atoms with Crippen molar-refractivity contribution in [2.75, 3.05) is 6.61 Å². The SMILES string of the molecule is Cc1cc(C)nc(CCOc2ccc(CC3NC(=O)SC3=O)cc2)c1. The van der Waals surface area contributed by atoms with Gasteiger partial charge < -0.3 is 10.1 Å². The van der Waals surface area contributed by atoms with Gasteiger partial charge in [-0.25, -0.2) is 0 Å². The predicted molar refractivity (Wildman–Crippen MR) is 98.0 cm³/mol. The van der Waals surface area contributed by atoms with E-state index in [1.165, 1.54) is 5.56 Å². The molecule has 1 aliphatic rings. The molecule has 0 spiro atoms. The second-order valence-corrected chi connectivity index (χ2v) is 7.11. The molecule has 2 heterocycles. The summed E-state index contributed by atoms with van der Waals surface area (Å²) in [6.45, 7) is 4.61. The molecule has 1 amide bonds. The van der Waals surface area contributed by atoms with E-state index in [4.69, 9.17) is 4.74 Å². The highest BCUT2D eigenvalue weighted by molar-refractivity contribution is 8.26. The molecule has 0 radical (unpaired) electrons. The Bertz CT molecular complexity index is 770. The Hall–Kier alpha value is -2.34. The van der Waals surface area contributed by atoms with Crippen LogP contribution in [0.2, 0.25) is 0 Å². The molecule has 0 saturated carbocycles. The summed E-state index contributed by atoms with van der Waals surface area (Å²) >= 11 is 0.742. The third-order valence-corrected chi connectivity index (χ3v) is 4.70. The lowest BCUT2D eigenvalue weighted by atomic mass is 10.1. The second kappa shape index (κ2) is 7.70. The number of carbonyl (C=O) groups excluding carboxylic acids is 2. The molecule has 0 bridgehead atoms. The number of carbonyl (C=O) groups is 2. The third-order valence-electron chi connectivity index (χ3n) is 3.91. The number of hydrogen-bond donors (Lipinski definition) is 1. The van der Waals surface area contributed by atoms with Gasteiger partial charge in [0.15, 0.2) is 0 Å². The molecule has 1 aromatic carbocycles. The minimum absolute atomic E-state index is 0.119. The van der Waals surface area contributed by atoms with Crippen molar-refractivity contribution in [1.82, 2.24) is 10.3 Å². The van der Waals surface area contributed by atoms with E-state index < -0.39 is 6.04 Å². The largest absolute Gasteiger partial charge is 0.493 e. The molecule has 1 saturated heterocycles. The molecule has 1 atom stereocenters. The van der Waals surface area contributed by atoms with Gasteiger partial charge in [0.2, 0.25) is 5.12 Å². The van der Waals surface area contributed by atoms with Crippen LogP contribution in [0.15, 0.2) is 36.4 Å². The normalized spacial score (nSPS) is 16.8. The lowest BCUT2D eigenvalue weighted by molar-refractivity contribution is -0.112. The minimum Gasteiger partial charge on any atom is -0.493 e. The van der Waals surface area contributed by atoms with Crippen molar-refractivity contribution < 1.29 is 14.3 Å². The first-order chi connectivity index (χ1) is 12.0. The van der Waals surface area contributed by atoms with Crippen molar-refractivity contribution in [3.05, 3.63) is 58.9 Å². The molecule has 1 unspecified atom stereocenters. The number of amides is 1. The standard InChI is InChI=1S/C19H20N2O3S/c1-12-9-13(2)20-15(10-12)7-8-24-16-5-3-14(4-6-16)11-17-18(22)25-19(23)21-17/h3-6,9-10,17H,7-8,11H2,1-2H3,(H,21,23). The van der Waals surface area contributed by atoms with Gasteiger partial charge in [0.05, 0.1) is 6.61 Å². The van der Waals surface area contributed by atoms with Crippen LogP contribution in [-0.2, 0) is 17.6 Å². The summed E-state index contributed by atoms with van der Waals surface area (Å²) in [4.78, 5) is 27.3. The number of ether oxygens (including phenoxy) is 1. The van der Waals surface area contributed by atoms with Gasteiger partial charge in [-0.15, -0.1) is 0 Å². The van der Waals surface area contributed by atoms with Crippen LogP contribution in [0.5, 0.6) is 5.75 Å². The average Bonchev–Trinajstić information content (AvgIpc) is 2.86. The quantitative estimate of drug-likeness (QED) is 0.861. The fourth-order valence-corrected chi connectivity index (χ4v) is 3.48. The van der Waals surface area contributed by atoms with Gasteiger partial charge in [-0.2, -0.15) is 0 Å². The van der Waals surface area contributed by atoms with Gasteiger partial charge in [0, 0.05) is 36.0 Å². The van der Waals surface area contributed by atoms with Crippen molar-refractivity contribution in [2.24, 2.45) is 0 Å². The maximum Gasteiger partial charge on any atom is 0.287 e. The monoisotopic (exact) mass is 356 g/mol. The summed E-state index contributed by atoms with van der Waals surface area (Å²) in [5.74, 6) is 0.782. The Balaban J connectivity index is 1.50. The first kappa shape index (κ1) is 17.5. The molecule has 5 nitrogen and oxygen atoms in total. The van der Waals surface area contributed by atoms with E-state index in [1.54, 1.807) is 0 Å². The van der Waals surface area contributed by atoms with Crippen LogP contribution >= 0.6 is 11.8 Å².